The van der Waals surface area contributed by atoms with E-state index in [9.17, 15) is 0 Å². The Bertz CT molecular complexity index is 700. The molecule has 3 rings (SSSR count). The van der Waals surface area contributed by atoms with E-state index in [4.69, 9.17) is 19.2 Å². The third-order valence-corrected chi connectivity index (χ3v) is 5.45. The molecular weight excluding hydrogens is 324 g/mol. The fourth-order valence-corrected chi connectivity index (χ4v) is 4.18. The van der Waals surface area contributed by atoms with Crippen molar-refractivity contribution in [2.75, 3.05) is 40.0 Å². The molecule has 0 saturated carbocycles. The zero-order valence-corrected chi connectivity index (χ0v) is 15.5. The van der Waals surface area contributed by atoms with Crippen LogP contribution in [0.1, 0.15) is 29.5 Å². The van der Waals surface area contributed by atoms with Crippen LogP contribution in [0.5, 0.6) is 5.75 Å². The standard InChI is InChI=1S/C18H24N2O3S/c1-20(2)12-8-9-13(16(10-12)23-11-21-3)18-19-14-6-5-7-15(22-4)17(14)24-18/h8-10,15H,5-7,11H2,1-4H3. The van der Waals surface area contributed by atoms with E-state index < -0.39 is 0 Å². The van der Waals surface area contributed by atoms with Gasteiger partial charge < -0.3 is 19.1 Å². The minimum Gasteiger partial charge on any atom is -0.467 e. The molecule has 5 nitrogen and oxygen atoms in total. The van der Waals surface area contributed by atoms with Crippen molar-refractivity contribution in [3.8, 4) is 16.3 Å². The molecule has 1 aromatic carbocycles. The smallest absolute Gasteiger partial charge is 0.188 e. The van der Waals surface area contributed by atoms with Crippen LogP contribution in [0, 0.1) is 0 Å². The van der Waals surface area contributed by atoms with Crippen molar-refractivity contribution >= 4 is 17.0 Å². The van der Waals surface area contributed by atoms with Crippen molar-refractivity contribution in [2.45, 2.75) is 25.4 Å². The van der Waals surface area contributed by atoms with E-state index in [1.165, 1.54) is 10.6 Å². The Hall–Kier alpha value is -1.63. The molecule has 1 heterocycles. The van der Waals surface area contributed by atoms with E-state index in [0.717, 1.165) is 41.3 Å². The van der Waals surface area contributed by atoms with E-state index >= 15 is 0 Å². The summed E-state index contributed by atoms with van der Waals surface area (Å²) in [6, 6.07) is 6.19. The Kier molecular flexibility index (Phi) is 5.38. The van der Waals surface area contributed by atoms with Crippen LogP contribution >= 0.6 is 11.3 Å². The topological polar surface area (TPSA) is 43.8 Å². The van der Waals surface area contributed by atoms with E-state index in [1.807, 2.05) is 20.2 Å². The number of benzene rings is 1. The van der Waals surface area contributed by atoms with Gasteiger partial charge in [-0.25, -0.2) is 4.98 Å². The van der Waals surface area contributed by atoms with Crippen molar-refractivity contribution in [1.82, 2.24) is 4.98 Å². The number of hydrogen-bond donors (Lipinski definition) is 0. The predicted octanol–water partition coefficient (Wildman–Crippen LogP) is 3.88. The first-order valence-corrected chi connectivity index (χ1v) is 8.91. The van der Waals surface area contributed by atoms with Crippen LogP contribution in [0.3, 0.4) is 0 Å². The lowest BCUT2D eigenvalue weighted by atomic mass is 10.0. The second-order valence-corrected chi connectivity index (χ2v) is 7.10. The summed E-state index contributed by atoms with van der Waals surface area (Å²) in [4.78, 5) is 8.18. The van der Waals surface area contributed by atoms with Crippen LogP contribution in [0.25, 0.3) is 10.6 Å². The molecule has 2 aromatic rings. The molecule has 0 bridgehead atoms. The van der Waals surface area contributed by atoms with Gasteiger partial charge in [-0.15, -0.1) is 11.3 Å². The second kappa shape index (κ2) is 7.51. The number of anilines is 1. The zero-order chi connectivity index (χ0) is 17.1. The highest BCUT2D eigenvalue weighted by molar-refractivity contribution is 7.15. The first-order chi connectivity index (χ1) is 11.6. The first-order valence-electron chi connectivity index (χ1n) is 8.10. The maximum absolute atomic E-state index is 5.80. The second-order valence-electron chi connectivity index (χ2n) is 6.07. The maximum Gasteiger partial charge on any atom is 0.188 e. The van der Waals surface area contributed by atoms with E-state index in [-0.39, 0.29) is 12.9 Å². The molecule has 0 amide bonds. The van der Waals surface area contributed by atoms with Crippen LogP contribution in [0.15, 0.2) is 18.2 Å². The van der Waals surface area contributed by atoms with Gasteiger partial charge >= 0.3 is 0 Å². The Labute approximate surface area is 147 Å². The van der Waals surface area contributed by atoms with Gasteiger partial charge in [0.05, 0.1) is 22.2 Å². The number of nitrogens with zero attached hydrogens (tertiary/aromatic N) is 2. The molecule has 0 saturated heterocycles. The fourth-order valence-electron chi connectivity index (χ4n) is 2.93. The van der Waals surface area contributed by atoms with Crippen molar-refractivity contribution in [2.24, 2.45) is 0 Å². The predicted molar refractivity (Wildman–Crippen MR) is 97.1 cm³/mol. The number of fused-ring (bicyclic) bond motifs is 1. The molecule has 24 heavy (non-hydrogen) atoms. The molecule has 0 aliphatic heterocycles. The van der Waals surface area contributed by atoms with Crippen LogP contribution in [0.4, 0.5) is 5.69 Å². The van der Waals surface area contributed by atoms with Crippen molar-refractivity contribution < 1.29 is 14.2 Å². The molecule has 1 atom stereocenters. The van der Waals surface area contributed by atoms with Crippen molar-refractivity contribution in [1.29, 1.82) is 0 Å². The third kappa shape index (κ3) is 3.41. The summed E-state index contributed by atoms with van der Waals surface area (Å²) in [5.41, 5.74) is 3.26. The minimum atomic E-state index is 0.171. The maximum atomic E-state index is 5.80. The lowest BCUT2D eigenvalue weighted by Gasteiger charge is -2.19. The van der Waals surface area contributed by atoms with E-state index in [0.29, 0.717) is 0 Å². The highest BCUT2D eigenvalue weighted by Crippen LogP contribution is 2.42. The Morgan fingerprint density at radius 1 is 1.29 bits per heavy atom. The summed E-state index contributed by atoms with van der Waals surface area (Å²) in [7, 11) is 7.43. The van der Waals surface area contributed by atoms with Gasteiger partial charge in [0, 0.05) is 40.1 Å². The highest BCUT2D eigenvalue weighted by Gasteiger charge is 2.25. The normalized spacial score (nSPS) is 16.8. The van der Waals surface area contributed by atoms with Gasteiger partial charge in [-0.3, -0.25) is 0 Å². The van der Waals surface area contributed by atoms with Crippen LogP contribution in [-0.2, 0) is 15.9 Å². The number of thiazole rings is 1. The fraction of sp³-hybridized carbons (Fsp3) is 0.500. The van der Waals surface area contributed by atoms with Crippen LogP contribution in [-0.4, -0.2) is 40.1 Å². The Morgan fingerprint density at radius 2 is 2.12 bits per heavy atom. The van der Waals surface area contributed by atoms with Gasteiger partial charge in [0.25, 0.3) is 0 Å². The van der Waals surface area contributed by atoms with Gasteiger partial charge in [0.2, 0.25) is 0 Å². The third-order valence-electron chi connectivity index (χ3n) is 4.23. The minimum absolute atomic E-state index is 0.171. The molecule has 1 unspecified atom stereocenters. The van der Waals surface area contributed by atoms with Gasteiger partial charge in [-0.1, -0.05) is 0 Å². The molecule has 0 radical (unpaired) electrons. The van der Waals surface area contributed by atoms with Crippen molar-refractivity contribution in [3.05, 3.63) is 28.8 Å². The Balaban J connectivity index is 2.00. The number of hydrogen-bond acceptors (Lipinski definition) is 6. The number of rotatable bonds is 6. The lowest BCUT2D eigenvalue weighted by molar-refractivity contribution is 0.0516. The molecule has 130 valence electrons. The molecule has 6 heteroatoms. The SMILES string of the molecule is COCOc1cc(N(C)C)ccc1-c1nc2c(s1)C(OC)CCC2. The van der Waals surface area contributed by atoms with E-state index in [1.54, 1.807) is 25.6 Å². The molecule has 0 N–H and O–H groups in total. The van der Waals surface area contributed by atoms with Crippen molar-refractivity contribution in [3.63, 3.8) is 0 Å². The lowest BCUT2D eigenvalue weighted by Crippen LogP contribution is -2.09. The molecule has 1 aromatic heterocycles. The van der Waals surface area contributed by atoms with Gasteiger partial charge in [-0.05, 0) is 31.4 Å². The first kappa shape index (κ1) is 17.2. The molecule has 0 fully saturated rings. The summed E-state index contributed by atoms with van der Waals surface area (Å²) in [5, 5.41) is 0.986. The van der Waals surface area contributed by atoms with Gasteiger partial charge in [0.1, 0.15) is 10.8 Å². The Morgan fingerprint density at radius 3 is 2.83 bits per heavy atom. The summed E-state index contributed by atoms with van der Waals surface area (Å²) in [5.74, 6) is 0.795. The van der Waals surface area contributed by atoms with Gasteiger partial charge in [-0.2, -0.15) is 0 Å². The molecule has 0 spiro atoms. The zero-order valence-electron chi connectivity index (χ0n) is 14.7. The number of methoxy groups -OCH3 is 2. The van der Waals surface area contributed by atoms with Gasteiger partial charge in [0.15, 0.2) is 6.79 Å². The largest absolute Gasteiger partial charge is 0.467 e. The van der Waals surface area contributed by atoms with Crippen LogP contribution < -0.4 is 9.64 Å². The quantitative estimate of drug-likeness (QED) is 0.741. The number of aromatic nitrogens is 1. The summed E-state index contributed by atoms with van der Waals surface area (Å²) in [6.07, 6.45) is 3.39. The monoisotopic (exact) mass is 348 g/mol. The summed E-state index contributed by atoms with van der Waals surface area (Å²) < 4.78 is 16.5. The highest BCUT2D eigenvalue weighted by atomic mass is 32.1. The van der Waals surface area contributed by atoms with E-state index in [2.05, 4.69) is 17.0 Å². The molecule has 1 aliphatic carbocycles. The number of ether oxygens (including phenoxy) is 3. The summed E-state index contributed by atoms with van der Waals surface area (Å²) >= 11 is 1.71. The van der Waals surface area contributed by atoms with Crippen LogP contribution in [0.2, 0.25) is 0 Å². The molecule has 1 aliphatic rings. The summed E-state index contributed by atoms with van der Waals surface area (Å²) in [6.45, 7) is 0.218. The average Bonchev–Trinajstić information content (AvgIpc) is 3.03. The molecular formula is C18H24N2O3S. The number of aryl methyl sites for hydroxylation is 1. The average molecular weight is 348 g/mol.